The Hall–Kier alpha value is -2.30. The molecule has 1 aliphatic heterocycles. The predicted octanol–water partition coefficient (Wildman–Crippen LogP) is 2.06. The van der Waals surface area contributed by atoms with E-state index in [0.29, 0.717) is 30.9 Å². The van der Waals surface area contributed by atoms with Gasteiger partial charge in [-0.15, -0.1) is 0 Å². The number of carbonyl (C=O) groups excluding carboxylic acids is 2. The molecule has 98 valence electrons. The topological polar surface area (TPSA) is 68.4 Å². The minimum atomic E-state index is -0.349. The summed E-state index contributed by atoms with van der Waals surface area (Å²) in [7, 11) is 0. The first-order valence-electron chi connectivity index (χ1n) is 6.19. The molecule has 0 amide bonds. The number of benzene rings is 1. The number of hydrogen-bond acceptors (Lipinski definition) is 4. The molecule has 1 N–H and O–H groups in total. The molecule has 0 unspecified atom stereocenters. The molecule has 0 radical (unpaired) electrons. The minimum Gasteiger partial charge on any atom is -0.462 e. The maximum Gasteiger partial charge on any atom is 0.355 e. The van der Waals surface area contributed by atoms with E-state index in [1.807, 2.05) is 0 Å². The summed E-state index contributed by atoms with van der Waals surface area (Å²) in [5.41, 5.74) is 2.73. The highest BCUT2D eigenvalue weighted by Gasteiger charge is 2.23. The van der Waals surface area contributed by atoms with Gasteiger partial charge >= 0.3 is 11.9 Å². The molecule has 0 spiro atoms. The Labute approximate surface area is 109 Å². The van der Waals surface area contributed by atoms with E-state index < -0.39 is 0 Å². The molecule has 0 aliphatic carbocycles. The van der Waals surface area contributed by atoms with Gasteiger partial charge in [-0.05, 0) is 30.7 Å². The Bertz CT molecular complexity index is 671. The summed E-state index contributed by atoms with van der Waals surface area (Å²) in [6, 6.07) is 5.24. The molecule has 1 aromatic heterocycles. The van der Waals surface area contributed by atoms with Crippen LogP contribution in [0.15, 0.2) is 18.2 Å². The first kappa shape index (κ1) is 11.8. The van der Waals surface area contributed by atoms with Crippen LogP contribution >= 0.6 is 0 Å². The highest BCUT2D eigenvalue weighted by molar-refractivity contribution is 6.02. The number of aromatic nitrogens is 1. The van der Waals surface area contributed by atoms with Crippen LogP contribution < -0.4 is 0 Å². The van der Waals surface area contributed by atoms with E-state index in [-0.39, 0.29) is 11.9 Å². The van der Waals surface area contributed by atoms with E-state index >= 15 is 0 Å². The van der Waals surface area contributed by atoms with Crippen molar-refractivity contribution in [3.8, 4) is 0 Å². The van der Waals surface area contributed by atoms with Crippen molar-refractivity contribution in [2.75, 3.05) is 13.2 Å². The molecule has 0 atom stereocenters. The number of H-pyrrole nitrogens is 1. The van der Waals surface area contributed by atoms with E-state index in [1.165, 1.54) is 0 Å². The third-order valence-electron chi connectivity index (χ3n) is 3.21. The second-order valence-electron chi connectivity index (χ2n) is 4.35. The third kappa shape index (κ3) is 1.87. The highest BCUT2D eigenvalue weighted by Crippen LogP contribution is 2.27. The number of fused-ring (bicyclic) bond motifs is 3. The molecule has 2 heterocycles. The van der Waals surface area contributed by atoms with Crippen molar-refractivity contribution in [3.63, 3.8) is 0 Å². The highest BCUT2D eigenvalue weighted by atomic mass is 16.5. The van der Waals surface area contributed by atoms with Gasteiger partial charge in [0.05, 0.1) is 18.8 Å². The number of rotatable bonds is 2. The van der Waals surface area contributed by atoms with Crippen LogP contribution in [0.4, 0.5) is 0 Å². The number of ether oxygens (including phenoxy) is 2. The number of aromatic amines is 1. The van der Waals surface area contributed by atoms with Crippen LogP contribution in [-0.2, 0) is 15.9 Å². The van der Waals surface area contributed by atoms with Gasteiger partial charge in [-0.1, -0.05) is 0 Å². The van der Waals surface area contributed by atoms with Gasteiger partial charge in [0, 0.05) is 17.3 Å². The first-order valence-corrected chi connectivity index (χ1v) is 6.19. The largest absolute Gasteiger partial charge is 0.462 e. The number of hydrogen-bond donors (Lipinski definition) is 1. The monoisotopic (exact) mass is 259 g/mol. The van der Waals surface area contributed by atoms with Crippen LogP contribution in [0, 0.1) is 0 Å². The summed E-state index contributed by atoms with van der Waals surface area (Å²) in [6.07, 6.45) is 0.660. The first-order chi connectivity index (χ1) is 9.20. The molecule has 1 aromatic carbocycles. The smallest absolute Gasteiger partial charge is 0.355 e. The minimum absolute atomic E-state index is 0.338. The Morgan fingerprint density at radius 1 is 1.47 bits per heavy atom. The van der Waals surface area contributed by atoms with Gasteiger partial charge in [0.1, 0.15) is 5.69 Å². The van der Waals surface area contributed by atoms with Crippen LogP contribution in [0.2, 0.25) is 0 Å². The Kier molecular flexibility index (Phi) is 2.74. The molecular weight excluding hydrogens is 246 g/mol. The molecule has 3 rings (SSSR count). The van der Waals surface area contributed by atoms with Gasteiger partial charge in [-0.25, -0.2) is 9.59 Å². The van der Waals surface area contributed by atoms with Crippen molar-refractivity contribution in [2.24, 2.45) is 0 Å². The summed E-state index contributed by atoms with van der Waals surface area (Å²) < 4.78 is 9.97. The van der Waals surface area contributed by atoms with Crippen molar-refractivity contribution in [2.45, 2.75) is 13.3 Å². The Morgan fingerprint density at radius 2 is 2.32 bits per heavy atom. The quantitative estimate of drug-likeness (QED) is 0.838. The lowest BCUT2D eigenvalue weighted by molar-refractivity contribution is 0.0473. The lowest BCUT2D eigenvalue weighted by Crippen LogP contribution is -2.16. The molecule has 0 bridgehead atoms. The van der Waals surface area contributed by atoms with E-state index in [0.717, 1.165) is 16.5 Å². The van der Waals surface area contributed by atoms with Gasteiger partial charge < -0.3 is 14.5 Å². The molecule has 5 heteroatoms. The fraction of sp³-hybridized carbons (Fsp3) is 0.286. The average Bonchev–Trinajstić information content (AvgIpc) is 2.78. The predicted molar refractivity (Wildman–Crippen MR) is 68.2 cm³/mol. The van der Waals surface area contributed by atoms with Gasteiger partial charge in [0.2, 0.25) is 0 Å². The van der Waals surface area contributed by atoms with E-state index in [2.05, 4.69) is 4.98 Å². The Balaban J connectivity index is 2.12. The van der Waals surface area contributed by atoms with E-state index in [1.54, 1.807) is 25.1 Å². The van der Waals surface area contributed by atoms with Crippen LogP contribution in [-0.4, -0.2) is 30.1 Å². The second kappa shape index (κ2) is 4.42. The van der Waals surface area contributed by atoms with E-state index in [9.17, 15) is 9.59 Å². The van der Waals surface area contributed by atoms with Crippen LogP contribution in [0.3, 0.4) is 0 Å². The number of cyclic esters (lactones) is 1. The van der Waals surface area contributed by atoms with Crippen LogP contribution in [0.1, 0.15) is 33.3 Å². The fourth-order valence-electron chi connectivity index (χ4n) is 2.34. The van der Waals surface area contributed by atoms with Gasteiger partial charge in [0.25, 0.3) is 0 Å². The molecule has 19 heavy (non-hydrogen) atoms. The number of carbonyl (C=O) groups is 2. The van der Waals surface area contributed by atoms with Crippen molar-refractivity contribution in [1.29, 1.82) is 0 Å². The van der Waals surface area contributed by atoms with Crippen LogP contribution in [0.25, 0.3) is 10.9 Å². The Morgan fingerprint density at radius 3 is 3.11 bits per heavy atom. The fourth-order valence-corrected chi connectivity index (χ4v) is 2.34. The van der Waals surface area contributed by atoms with Crippen molar-refractivity contribution >= 4 is 22.8 Å². The maximum atomic E-state index is 11.7. The van der Waals surface area contributed by atoms with Crippen molar-refractivity contribution in [1.82, 2.24) is 4.98 Å². The van der Waals surface area contributed by atoms with Crippen molar-refractivity contribution in [3.05, 3.63) is 35.0 Å². The van der Waals surface area contributed by atoms with Gasteiger partial charge in [-0.3, -0.25) is 0 Å². The lowest BCUT2D eigenvalue weighted by atomic mass is 10.0. The normalized spacial score (nSPS) is 14.1. The molecule has 2 aromatic rings. The summed E-state index contributed by atoms with van der Waals surface area (Å²) in [6.45, 7) is 2.49. The molecule has 0 saturated carbocycles. The molecule has 5 nitrogen and oxygen atoms in total. The molecule has 1 aliphatic rings. The average molecular weight is 259 g/mol. The van der Waals surface area contributed by atoms with Gasteiger partial charge in [-0.2, -0.15) is 0 Å². The molecular formula is C14H13NO4. The third-order valence-corrected chi connectivity index (χ3v) is 3.21. The maximum absolute atomic E-state index is 11.7. The summed E-state index contributed by atoms with van der Waals surface area (Å²) >= 11 is 0. The zero-order chi connectivity index (χ0) is 13.4. The van der Waals surface area contributed by atoms with E-state index in [4.69, 9.17) is 9.47 Å². The second-order valence-corrected chi connectivity index (χ2v) is 4.35. The standard InChI is InChI=1S/C14H13NO4/c1-2-18-13(16)8-3-4-11-10(7-8)9-5-6-19-14(17)12(9)15-11/h3-4,7,15H,2,5-6H2,1H3. The SMILES string of the molecule is CCOC(=O)c1ccc2[nH]c3c(c2c1)CCOC3=O. The molecule has 0 fully saturated rings. The summed E-state index contributed by atoms with van der Waals surface area (Å²) in [4.78, 5) is 26.4. The number of esters is 2. The van der Waals surface area contributed by atoms with Crippen LogP contribution in [0.5, 0.6) is 0 Å². The zero-order valence-corrected chi connectivity index (χ0v) is 10.5. The molecule has 0 saturated heterocycles. The zero-order valence-electron chi connectivity index (χ0n) is 10.5. The van der Waals surface area contributed by atoms with Gasteiger partial charge in [0.15, 0.2) is 0 Å². The summed E-state index contributed by atoms with van der Waals surface area (Å²) in [5, 5.41) is 0.886. The van der Waals surface area contributed by atoms with Crippen molar-refractivity contribution < 1.29 is 19.1 Å². The number of nitrogens with one attached hydrogen (secondary N) is 1. The lowest BCUT2D eigenvalue weighted by Gasteiger charge is -2.11. The summed E-state index contributed by atoms with van der Waals surface area (Å²) in [5.74, 6) is -0.687.